The highest BCUT2D eigenvalue weighted by Crippen LogP contribution is 2.39. The summed E-state index contributed by atoms with van der Waals surface area (Å²) in [7, 11) is 0. The van der Waals surface area contributed by atoms with Crippen molar-refractivity contribution in [2.75, 3.05) is 31.1 Å². The summed E-state index contributed by atoms with van der Waals surface area (Å²) < 4.78 is 33.7. The highest BCUT2D eigenvalue weighted by Gasteiger charge is 2.45. The van der Waals surface area contributed by atoms with Crippen LogP contribution in [0.5, 0.6) is 0 Å². The zero-order valence-corrected chi connectivity index (χ0v) is 29.2. The van der Waals surface area contributed by atoms with Crippen molar-refractivity contribution in [3.8, 4) is 6.07 Å². The van der Waals surface area contributed by atoms with Gasteiger partial charge in [-0.15, -0.1) is 0 Å². The summed E-state index contributed by atoms with van der Waals surface area (Å²) in [5.74, 6) is -1.86. The lowest BCUT2D eigenvalue weighted by molar-refractivity contribution is -0.141. The Labute approximate surface area is 290 Å². The molecule has 6 rings (SSSR count). The number of anilines is 1. The van der Waals surface area contributed by atoms with Crippen molar-refractivity contribution in [2.24, 2.45) is 0 Å². The second-order valence-corrected chi connectivity index (χ2v) is 15.1. The van der Waals surface area contributed by atoms with Crippen molar-refractivity contribution in [1.29, 1.82) is 5.26 Å². The number of halogens is 2. The van der Waals surface area contributed by atoms with Crippen LogP contribution in [0.2, 0.25) is 0 Å². The number of nitriles is 1. The lowest BCUT2D eigenvalue weighted by Gasteiger charge is -2.45. The third kappa shape index (κ3) is 7.03. The van der Waals surface area contributed by atoms with E-state index in [-0.39, 0.29) is 49.5 Å². The molecule has 0 aliphatic carbocycles. The van der Waals surface area contributed by atoms with Gasteiger partial charge in [0.05, 0.1) is 35.3 Å². The number of fused-ring (bicyclic) bond motifs is 2. The fraction of sp³-hybridized carbons (Fsp3) is 0.459. The summed E-state index contributed by atoms with van der Waals surface area (Å²) in [6, 6.07) is 11.4. The molecule has 11 nitrogen and oxygen atoms in total. The maximum atomic E-state index is 14.5. The van der Waals surface area contributed by atoms with Crippen LogP contribution in [-0.2, 0) is 39.3 Å². The molecule has 0 spiro atoms. The fourth-order valence-corrected chi connectivity index (χ4v) is 6.95. The molecule has 0 radical (unpaired) electrons. The van der Waals surface area contributed by atoms with Crippen LogP contribution < -0.4 is 4.90 Å². The number of ether oxygens (including phenoxy) is 1. The average Bonchev–Trinajstić information content (AvgIpc) is 3.58. The normalized spacial score (nSPS) is 19.9. The third-order valence-electron chi connectivity index (χ3n) is 9.46. The van der Waals surface area contributed by atoms with Gasteiger partial charge in [-0.05, 0) is 68.7 Å². The van der Waals surface area contributed by atoms with Crippen molar-refractivity contribution < 1.29 is 27.9 Å². The molecule has 4 heterocycles. The van der Waals surface area contributed by atoms with Crippen LogP contribution in [0.3, 0.4) is 0 Å². The van der Waals surface area contributed by atoms with Crippen LogP contribution in [0.15, 0.2) is 42.5 Å². The Morgan fingerprint density at radius 2 is 1.76 bits per heavy atom. The van der Waals surface area contributed by atoms with Gasteiger partial charge in [0.25, 0.3) is 0 Å². The zero-order chi connectivity index (χ0) is 36.1. The lowest BCUT2D eigenvalue weighted by atomic mass is 9.91. The monoisotopic (exact) mass is 685 g/mol. The zero-order valence-electron chi connectivity index (χ0n) is 29.2. The van der Waals surface area contributed by atoms with Gasteiger partial charge >= 0.3 is 6.09 Å². The van der Waals surface area contributed by atoms with Crippen molar-refractivity contribution in [1.82, 2.24) is 24.9 Å². The number of aromatic nitrogens is 2. The predicted molar refractivity (Wildman–Crippen MR) is 180 cm³/mol. The number of benzene rings is 2. The van der Waals surface area contributed by atoms with Gasteiger partial charge in [0.2, 0.25) is 11.8 Å². The fourth-order valence-electron chi connectivity index (χ4n) is 6.95. The van der Waals surface area contributed by atoms with E-state index in [0.717, 1.165) is 17.2 Å². The molecule has 0 bridgehead atoms. The van der Waals surface area contributed by atoms with E-state index >= 15 is 0 Å². The predicted octanol–water partition coefficient (Wildman–Crippen LogP) is 4.69. The van der Waals surface area contributed by atoms with Crippen LogP contribution in [0, 0.1) is 23.0 Å². The molecule has 1 fully saturated rings. The van der Waals surface area contributed by atoms with Crippen molar-refractivity contribution >= 4 is 23.6 Å². The molecular weight excluding hydrogens is 644 g/mol. The lowest BCUT2D eigenvalue weighted by Crippen LogP contribution is -2.64. The van der Waals surface area contributed by atoms with Gasteiger partial charge in [-0.25, -0.2) is 13.6 Å². The first kappa shape index (κ1) is 34.9. The molecule has 1 aromatic heterocycles. The number of carbonyl (C=O) groups excluding carboxylic acids is 3. The first-order valence-electron chi connectivity index (χ1n) is 16.7. The van der Waals surface area contributed by atoms with Gasteiger partial charge in [0, 0.05) is 56.7 Å². The van der Waals surface area contributed by atoms with E-state index in [4.69, 9.17) is 4.74 Å². The Kier molecular flexibility index (Phi) is 9.11. The average molecular weight is 686 g/mol. The van der Waals surface area contributed by atoms with E-state index in [9.17, 15) is 28.4 Å². The quantitative estimate of drug-likeness (QED) is 0.379. The number of piperazine rings is 1. The van der Waals surface area contributed by atoms with Gasteiger partial charge in [0.1, 0.15) is 23.3 Å². The van der Waals surface area contributed by atoms with Crippen LogP contribution >= 0.6 is 0 Å². The second kappa shape index (κ2) is 13.1. The van der Waals surface area contributed by atoms with Crippen molar-refractivity contribution in [3.05, 3.63) is 87.7 Å². The van der Waals surface area contributed by atoms with E-state index in [0.29, 0.717) is 42.3 Å². The third-order valence-corrected chi connectivity index (χ3v) is 9.46. The molecule has 2 atom stereocenters. The molecule has 13 heteroatoms. The SMILES string of the molecule is C[C@@H]1CN(CC(=O)N2CC(C)(C)c3nnc(Cc4ccc(F)cc4F)cc32)[C@H](C(=O)N2Cc3ccc(C#N)cc3C2)CN1C(=O)OC(C)(C)C. The number of hydrogen-bond donors (Lipinski definition) is 0. The Morgan fingerprint density at radius 1 is 1.02 bits per heavy atom. The maximum absolute atomic E-state index is 14.5. The van der Waals surface area contributed by atoms with Gasteiger partial charge < -0.3 is 19.4 Å². The number of carbonyl (C=O) groups is 3. The molecule has 3 amide bonds. The molecule has 3 aliphatic heterocycles. The number of hydrogen-bond acceptors (Lipinski definition) is 8. The number of rotatable bonds is 5. The summed E-state index contributed by atoms with van der Waals surface area (Å²) in [5.41, 5.74) is 2.93. The van der Waals surface area contributed by atoms with E-state index in [1.807, 2.05) is 31.7 Å². The first-order valence-corrected chi connectivity index (χ1v) is 16.7. The number of nitrogens with zero attached hydrogens (tertiary/aromatic N) is 7. The summed E-state index contributed by atoms with van der Waals surface area (Å²) in [5, 5.41) is 18.1. The Morgan fingerprint density at radius 3 is 2.46 bits per heavy atom. The minimum Gasteiger partial charge on any atom is -0.444 e. The summed E-state index contributed by atoms with van der Waals surface area (Å²) in [4.78, 5) is 48.6. The van der Waals surface area contributed by atoms with Gasteiger partial charge in [-0.1, -0.05) is 26.0 Å². The van der Waals surface area contributed by atoms with Gasteiger partial charge in [-0.3, -0.25) is 14.5 Å². The number of amides is 3. The van der Waals surface area contributed by atoms with Crippen LogP contribution in [-0.4, -0.2) is 86.7 Å². The maximum Gasteiger partial charge on any atom is 0.410 e. The largest absolute Gasteiger partial charge is 0.444 e. The van der Waals surface area contributed by atoms with Crippen LogP contribution in [0.4, 0.5) is 19.3 Å². The molecule has 3 aliphatic rings. The highest BCUT2D eigenvalue weighted by molar-refractivity contribution is 5.97. The van der Waals surface area contributed by atoms with Gasteiger partial charge in [0.15, 0.2) is 0 Å². The molecule has 262 valence electrons. The van der Waals surface area contributed by atoms with E-state index in [1.165, 1.54) is 12.1 Å². The first-order chi connectivity index (χ1) is 23.5. The smallest absolute Gasteiger partial charge is 0.410 e. The molecule has 0 saturated carbocycles. The molecule has 3 aromatic rings. The minimum atomic E-state index is -0.838. The Hall–Kier alpha value is -4.96. The minimum absolute atomic E-state index is 0.0272. The van der Waals surface area contributed by atoms with E-state index < -0.39 is 34.8 Å². The molecule has 50 heavy (non-hydrogen) atoms. The highest BCUT2D eigenvalue weighted by atomic mass is 19.1. The molecule has 0 N–H and O–H groups in total. The van der Waals surface area contributed by atoms with Crippen molar-refractivity contribution in [2.45, 2.75) is 84.2 Å². The molecular formula is C37H41F2N7O4. The van der Waals surface area contributed by atoms with Crippen LogP contribution in [0.25, 0.3) is 0 Å². The molecule has 2 aromatic carbocycles. The molecule has 1 saturated heterocycles. The topological polar surface area (TPSA) is 123 Å². The summed E-state index contributed by atoms with van der Waals surface area (Å²) >= 11 is 0. The standard InChI is InChI=1S/C37H41F2N7O4/c1-22-16-43(20-32(47)46-21-37(5,6)33-30(46)14-28(41-42-33)12-24-9-10-27(38)13-29(24)39)31(19-45(22)35(49)50-36(2,3)4)34(48)44-17-25-8-7-23(15-40)11-26(25)18-44/h7-11,13-14,22,31H,12,16-21H2,1-6H3/t22-,31+/m1/s1. The van der Waals surface area contributed by atoms with Crippen molar-refractivity contribution in [3.63, 3.8) is 0 Å². The summed E-state index contributed by atoms with van der Waals surface area (Å²) in [6.07, 6.45) is -0.472. The van der Waals surface area contributed by atoms with E-state index in [2.05, 4.69) is 16.3 Å². The Bertz CT molecular complexity index is 1900. The Balaban J connectivity index is 1.26. The van der Waals surface area contributed by atoms with Crippen LogP contribution in [0.1, 0.15) is 75.2 Å². The van der Waals surface area contributed by atoms with Gasteiger partial charge in [-0.2, -0.15) is 15.5 Å². The second-order valence-electron chi connectivity index (χ2n) is 15.1. The summed E-state index contributed by atoms with van der Waals surface area (Å²) in [6.45, 7) is 12.3. The van der Waals surface area contributed by atoms with E-state index in [1.54, 1.807) is 53.7 Å². The molecule has 0 unspecified atom stereocenters.